The van der Waals surface area contributed by atoms with E-state index in [1.807, 2.05) is 17.1 Å². The van der Waals surface area contributed by atoms with Gasteiger partial charge in [0.25, 0.3) is 0 Å². The molecule has 0 aliphatic rings. The third kappa shape index (κ3) is 3.61. The highest BCUT2D eigenvalue weighted by Crippen LogP contribution is 2.27. The summed E-state index contributed by atoms with van der Waals surface area (Å²) in [6.45, 7) is 8.43. The SMILES string of the molecule is Cc1ccc(-c2cnn(CCN)c2)cc1OCC(C)C. The Labute approximate surface area is 120 Å². The maximum Gasteiger partial charge on any atom is 0.122 e. The number of aryl methyl sites for hydroxylation is 1. The lowest BCUT2D eigenvalue weighted by molar-refractivity contribution is 0.269. The maximum atomic E-state index is 5.87. The Balaban J connectivity index is 2.20. The number of nitrogens with two attached hydrogens (primary N) is 1. The molecule has 0 aliphatic heterocycles. The molecule has 2 aromatic rings. The minimum Gasteiger partial charge on any atom is -0.493 e. The number of ether oxygens (including phenoxy) is 1. The van der Waals surface area contributed by atoms with Gasteiger partial charge in [-0.25, -0.2) is 0 Å². The van der Waals surface area contributed by atoms with Gasteiger partial charge in [0.05, 0.1) is 19.3 Å². The van der Waals surface area contributed by atoms with Crippen molar-refractivity contribution in [3.63, 3.8) is 0 Å². The topological polar surface area (TPSA) is 53.1 Å². The Hall–Kier alpha value is -1.81. The quantitative estimate of drug-likeness (QED) is 0.880. The number of hydrogen-bond donors (Lipinski definition) is 1. The van der Waals surface area contributed by atoms with Crippen molar-refractivity contribution >= 4 is 0 Å². The van der Waals surface area contributed by atoms with Gasteiger partial charge in [0.15, 0.2) is 0 Å². The fourth-order valence-electron chi connectivity index (χ4n) is 1.96. The standard InChI is InChI=1S/C16H23N3O/c1-12(2)11-20-16-8-14(5-4-13(16)3)15-9-18-19(10-15)7-6-17/h4-5,8-10,12H,6-7,11,17H2,1-3H3. The monoisotopic (exact) mass is 273 g/mol. The third-order valence-corrected chi connectivity index (χ3v) is 3.09. The Morgan fingerprint density at radius 2 is 2.10 bits per heavy atom. The number of rotatable bonds is 6. The van der Waals surface area contributed by atoms with Crippen LogP contribution in [-0.4, -0.2) is 22.9 Å². The summed E-state index contributed by atoms with van der Waals surface area (Å²) in [5.41, 5.74) is 8.91. The molecule has 1 heterocycles. The van der Waals surface area contributed by atoms with Crippen molar-refractivity contribution in [2.24, 2.45) is 11.7 Å². The predicted molar refractivity (Wildman–Crippen MR) is 81.8 cm³/mol. The summed E-state index contributed by atoms with van der Waals surface area (Å²) < 4.78 is 7.73. The summed E-state index contributed by atoms with van der Waals surface area (Å²) in [4.78, 5) is 0. The Morgan fingerprint density at radius 1 is 1.30 bits per heavy atom. The highest BCUT2D eigenvalue weighted by Gasteiger charge is 2.06. The van der Waals surface area contributed by atoms with E-state index in [2.05, 4.69) is 44.1 Å². The average molecular weight is 273 g/mol. The molecule has 2 N–H and O–H groups in total. The van der Waals surface area contributed by atoms with E-state index in [-0.39, 0.29) is 0 Å². The van der Waals surface area contributed by atoms with Crippen LogP contribution in [0.2, 0.25) is 0 Å². The van der Waals surface area contributed by atoms with Gasteiger partial charge in [-0.05, 0) is 30.0 Å². The Bertz CT molecular complexity index is 561. The van der Waals surface area contributed by atoms with Crippen LogP contribution in [0.5, 0.6) is 5.75 Å². The molecule has 0 atom stereocenters. The lowest BCUT2D eigenvalue weighted by Crippen LogP contribution is -2.09. The van der Waals surface area contributed by atoms with Crippen molar-refractivity contribution in [1.29, 1.82) is 0 Å². The van der Waals surface area contributed by atoms with Gasteiger partial charge in [0.1, 0.15) is 5.75 Å². The Kier molecular flexibility index (Phi) is 4.79. The molecule has 108 valence electrons. The van der Waals surface area contributed by atoms with E-state index in [1.54, 1.807) is 0 Å². The van der Waals surface area contributed by atoms with Gasteiger partial charge in [-0.2, -0.15) is 5.10 Å². The van der Waals surface area contributed by atoms with Crippen LogP contribution in [0.25, 0.3) is 11.1 Å². The number of aromatic nitrogens is 2. The smallest absolute Gasteiger partial charge is 0.122 e. The zero-order valence-corrected chi connectivity index (χ0v) is 12.5. The van der Waals surface area contributed by atoms with E-state index < -0.39 is 0 Å². The van der Waals surface area contributed by atoms with Crippen LogP contribution in [-0.2, 0) is 6.54 Å². The minimum absolute atomic E-state index is 0.519. The summed E-state index contributed by atoms with van der Waals surface area (Å²) in [6.07, 6.45) is 3.89. The first-order chi connectivity index (χ1) is 9.60. The molecule has 0 saturated carbocycles. The first-order valence-corrected chi connectivity index (χ1v) is 7.06. The highest BCUT2D eigenvalue weighted by atomic mass is 16.5. The second-order valence-corrected chi connectivity index (χ2v) is 5.47. The van der Waals surface area contributed by atoms with Crippen molar-refractivity contribution in [3.05, 3.63) is 36.2 Å². The van der Waals surface area contributed by atoms with Crippen LogP contribution >= 0.6 is 0 Å². The first-order valence-electron chi connectivity index (χ1n) is 7.06. The van der Waals surface area contributed by atoms with E-state index in [9.17, 15) is 0 Å². The molecular formula is C16H23N3O. The highest BCUT2D eigenvalue weighted by molar-refractivity contribution is 5.64. The summed E-state index contributed by atoms with van der Waals surface area (Å²) in [5, 5.41) is 4.30. The normalized spacial score (nSPS) is 11.1. The largest absolute Gasteiger partial charge is 0.493 e. The van der Waals surface area contributed by atoms with E-state index in [0.29, 0.717) is 12.5 Å². The molecule has 4 nitrogen and oxygen atoms in total. The zero-order valence-electron chi connectivity index (χ0n) is 12.5. The van der Waals surface area contributed by atoms with Gasteiger partial charge in [-0.15, -0.1) is 0 Å². The molecule has 0 spiro atoms. The molecule has 4 heteroatoms. The molecule has 1 aromatic carbocycles. The third-order valence-electron chi connectivity index (χ3n) is 3.09. The van der Waals surface area contributed by atoms with Crippen molar-refractivity contribution in [1.82, 2.24) is 9.78 Å². The summed E-state index contributed by atoms with van der Waals surface area (Å²) in [5.74, 6) is 1.47. The molecule has 0 bridgehead atoms. The molecule has 20 heavy (non-hydrogen) atoms. The van der Waals surface area contributed by atoms with Gasteiger partial charge in [-0.1, -0.05) is 26.0 Å². The van der Waals surface area contributed by atoms with Crippen LogP contribution in [0.3, 0.4) is 0 Å². The molecule has 1 aromatic heterocycles. The number of hydrogen-bond acceptors (Lipinski definition) is 3. The summed E-state index contributed by atoms with van der Waals surface area (Å²) in [6, 6.07) is 6.27. The van der Waals surface area contributed by atoms with Crippen molar-refractivity contribution < 1.29 is 4.74 Å². The van der Waals surface area contributed by atoms with Gasteiger partial charge in [-0.3, -0.25) is 4.68 Å². The van der Waals surface area contributed by atoms with Crippen molar-refractivity contribution in [2.45, 2.75) is 27.3 Å². The van der Waals surface area contributed by atoms with Crippen LogP contribution in [0.4, 0.5) is 0 Å². The average Bonchev–Trinajstić information content (AvgIpc) is 2.87. The van der Waals surface area contributed by atoms with E-state index >= 15 is 0 Å². The van der Waals surface area contributed by atoms with Gasteiger partial charge in [0.2, 0.25) is 0 Å². The number of nitrogens with zero attached hydrogens (tertiary/aromatic N) is 2. The van der Waals surface area contributed by atoms with E-state index in [0.717, 1.165) is 35.6 Å². The molecule has 0 radical (unpaired) electrons. The van der Waals surface area contributed by atoms with Crippen molar-refractivity contribution in [2.75, 3.05) is 13.2 Å². The maximum absolute atomic E-state index is 5.87. The molecule has 2 rings (SSSR count). The van der Waals surface area contributed by atoms with Gasteiger partial charge >= 0.3 is 0 Å². The first kappa shape index (κ1) is 14.6. The zero-order chi connectivity index (χ0) is 14.5. The summed E-state index contributed by atoms with van der Waals surface area (Å²) in [7, 11) is 0. The second kappa shape index (κ2) is 6.57. The van der Waals surface area contributed by atoms with Gasteiger partial charge < -0.3 is 10.5 Å². The lowest BCUT2D eigenvalue weighted by Gasteiger charge is -2.12. The molecular weight excluding hydrogens is 250 g/mol. The predicted octanol–water partition coefficient (Wildman–Crippen LogP) is 2.85. The van der Waals surface area contributed by atoms with Crippen molar-refractivity contribution in [3.8, 4) is 16.9 Å². The summed E-state index contributed by atoms with van der Waals surface area (Å²) >= 11 is 0. The fourth-order valence-corrected chi connectivity index (χ4v) is 1.96. The van der Waals surface area contributed by atoms with Crippen LogP contribution in [0.1, 0.15) is 19.4 Å². The molecule has 0 unspecified atom stereocenters. The molecule has 0 fully saturated rings. The van der Waals surface area contributed by atoms with E-state index in [1.165, 1.54) is 0 Å². The lowest BCUT2D eigenvalue weighted by atomic mass is 10.1. The second-order valence-electron chi connectivity index (χ2n) is 5.47. The fraction of sp³-hybridized carbons (Fsp3) is 0.438. The Morgan fingerprint density at radius 3 is 2.80 bits per heavy atom. The van der Waals surface area contributed by atoms with Crippen LogP contribution < -0.4 is 10.5 Å². The van der Waals surface area contributed by atoms with E-state index in [4.69, 9.17) is 10.5 Å². The molecule has 0 amide bonds. The number of benzene rings is 1. The van der Waals surface area contributed by atoms with Crippen LogP contribution in [0, 0.1) is 12.8 Å². The van der Waals surface area contributed by atoms with Crippen LogP contribution in [0.15, 0.2) is 30.6 Å². The molecule has 0 aliphatic carbocycles. The van der Waals surface area contributed by atoms with Gasteiger partial charge in [0, 0.05) is 18.3 Å². The molecule has 0 saturated heterocycles. The minimum atomic E-state index is 0.519.